The van der Waals surface area contributed by atoms with E-state index in [0.29, 0.717) is 26.2 Å². The maximum absolute atomic E-state index is 11.6. The number of hydrogen-bond donors (Lipinski definition) is 2. The monoisotopic (exact) mass is 428 g/mol. The molecule has 1 aromatic rings. The molecular weight excluding hydrogens is 400 g/mol. The molecule has 2 fully saturated rings. The van der Waals surface area contributed by atoms with Gasteiger partial charge in [-0.3, -0.25) is 13.8 Å². The van der Waals surface area contributed by atoms with E-state index in [1.165, 1.54) is 12.2 Å². The van der Waals surface area contributed by atoms with Crippen molar-refractivity contribution >= 4 is 24.8 Å². The Morgan fingerprint density at radius 3 is 2.76 bits per heavy atom. The Labute approximate surface area is 174 Å². The number of nitrogens with two attached hydrogens (primary N) is 1. The van der Waals surface area contributed by atoms with Crippen molar-refractivity contribution in [3.63, 3.8) is 0 Å². The number of hydrogen-bond acceptors (Lipinski definition) is 8. The summed E-state index contributed by atoms with van der Waals surface area (Å²) >= 11 is 0.836. The molecule has 1 unspecified atom stereocenters. The second kappa shape index (κ2) is 13.2. The van der Waals surface area contributed by atoms with Gasteiger partial charge in [0.1, 0.15) is 12.4 Å². The minimum absolute atomic E-state index is 0.0351. The third-order valence-electron chi connectivity index (χ3n) is 4.30. The van der Waals surface area contributed by atoms with Gasteiger partial charge in [0.25, 0.3) is 0 Å². The Bertz CT molecular complexity index is 621. The van der Waals surface area contributed by atoms with Crippen molar-refractivity contribution in [2.24, 2.45) is 5.73 Å². The van der Waals surface area contributed by atoms with Crippen LogP contribution in [0.2, 0.25) is 0 Å². The molecule has 3 N–H and O–H groups in total. The molecule has 1 aromatic carbocycles. The first-order valence-electron chi connectivity index (χ1n) is 9.38. The molecular formula is C18H28N4O6S. The van der Waals surface area contributed by atoms with Gasteiger partial charge in [0, 0.05) is 19.6 Å². The molecule has 0 spiro atoms. The predicted molar refractivity (Wildman–Crippen MR) is 107 cm³/mol. The molecule has 0 radical (unpaired) electrons. The van der Waals surface area contributed by atoms with Gasteiger partial charge in [0.15, 0.2) is 12.3 Å². The highest BCUT2D eigenvalue weighted by Crippen LogP contribution is 2.27. The van der Waals surface area contributed by atoms with Gasteiger partial charge in [-0.2, -0.15) is 9.35 Å². The number of fused-ring (bicyclic) bond motifs is 2. The quantitative estimate of drug-likeness (QED) is 0.234. The lowest BCUT2D eigenvalue weighted by Gasteiger charge is -2.20. The van der Waals surface area contributed by atoms with Crippen molar-refractivity contribution in [2.45, 2.75) is 25.3 Å². The van der Waals surface area contributed by atoms with Crippen LogP contribution in [0.15, 0.2) is 24.3 Å². The number of rotatable bonds is 11. The number of piperidine rings is 1. The molecule has 0 aliphatic carbocycles. The van der Waals surface area contributed by atoms with Crippen LogP contribution in [0.4, 0.5) is 4.79 Å². The standard InChI is InChI=1S/C11H16N2O3.C7H12N2O3S/c12-6-8-15-11-3-1-10(2-4-11)5-7-16-13-9-14;1-11-13-12-9-6-3-2-4-8(5-6)7(9)10/h1-4,9H,5-8,12H2,(H,13,14);6H,2-5H2,1H3. The lowest BCUT2D eigenvalue weighted by molar-refractivity contribution is -0.120. The summed E-state index contributed by atoms with van der Waals surface area (Å²) < 4.78 is 15.1. The van der Waals surface area contributed by atoms with Crippen LogP contribution in [0.1, 0.15) is 18.4 Å². The number of nitrogens with zero attached hydrogens (tertiary/aromatic N) is 2. The Hall–Kier alpha value is -2.05. The molecule has 11 heteroatoms. The molecule has 2 bridgehead atoms. The van der Waals surface area contributed by atoms with Gasteiger partial charge >= 0.3 is 6.03 Å². The molecule has 10 nitrogen and oxygen atoms in total. The Kier molecular flexibility index (Phi) is 10.6. The molecule has 162 valence electrons. The highest BCUT2D eigenvalue weighted by Gasteiger charge is 2.41. The average Bonchev–Trinajstić information content (AvgIpc) is 2.97. The summed E-state index contributed by atoms with van der Waals surface area (Å²) in [7, 11) is 1.51. The first-order chi connectivity index (χ1) is 14.2. The normalized spacial score (nSPS) is 17.6. The van der Waals surface area contributed by atoms with Gasteiger partial charge in [-0.15, -0.1) is 0 Å². The highest BCUT2D eigenvalue weighted by molar-refractivity contribution is 7.89. The molecule has 2 heterocycles. The zero-order valence-electron chi connectivity index (χ0n) is 16.5. The van der Waals surface area contributed by atoms with Crippen molar-refractivity contribution < 1.29 is 27.6 Å². The largest absolute Gasteiger partial charge is 0.492 e. The number of carbonyl (C=O) groups is 2. The Morgan fingerprint density at radius 1 is 1.31 bits per heavy atom. The minimum atomic E-state index is -0.0351. The molecule has 29 heavy (non-hydrogen) atoms. The summed E-state index contributed by atoms with van der Waals surface area (Å²) in [5.41, 5.74) is 8.58. The summed E-state index contributed by atoms with van der Waals surface area (Å²) in [6.07, 6.45) is 3.32. The van der Waals surface area contributed by atoms with E-state index >= 15 is 0 Å². The van der Waals surface area contributed by atoms with Gasteiger partial charge in [0.2, 0.25) is 6.41 Å². The molecule has 3 amide bonds. The zero-order chi connectivity index (χ0) is 20.9. The van der Waals surface area contributed by atoms with E-state index in [1.807, 2.05) is 29.2 Å². The van der Waals surface area contributed by atoms with Crippen LogP contribution in [-0.4, -0.2) is 68.4 Å². The number of carbonyl (C=O) groups excluding carboxylic acids is 2. The lowest BCUT2D eigenvalue weighted by Crippen LogP contribution is -2.31. The SMILES string of the molecule is COSON1C(=O)N2CCCC1C2.NCCOc1ccc(CCONC=O)cc1. The van der Waals surface area contributed by atoms with E-state index in [0.717, 1.165) is 56.0 Å². The second-order valence-corrected chi connectivity index (χ2v) is 6.89. The van der Waals surface area contributed by atoms with E-state index in [-0.39, 0.29) is 12.1 Å². The molecule has 2 aliphatic heterocycles. The van der Waals surface area contributed by atoms with Crippen LogP contribution >= 0.6 is 12.3 Å². The van der Waals surface area contributed by atoms with E-state index in [4.69, 9.17) is 19.6 Å². The van der Waals surface area contributed by atoms with Crippen molar-refractivity contribution in [1.82, 2.24) is 15.4 Å². The second-order valence-electron chi connectivity index (χ2n) is 6.27. The van der Waals surface area contributed by atoms with E-state index in [2.05, 4.69) is 9.66 Å². The van der Waals surface area contributed by atoms with Gasteiger partial charge < -0.3 is 15.4 Å². The van der Waals surface area contributed by atoms with Gasteiger partial charge in [-0.05, 0) is 37.0 Å². The lowest BCUT2D eigenvalue weighted by atomic mass is 10.1. The van der Waals surface area contributed by atoms with Crippen LogP contribution < -0.4 is 16.0 Å². The summed E-state index contributed by atoms with van der Waals surface area (Å²) in [5.74, 6) is 0.807. The molecule has 2 saturated heterocycles. The minimum Gasteiger partial charge on any atom is -0.492 e. The number of amides is 3. The maximum Gasteiger partial charge on any atom is 0.345 e. The van der Waals surface area contributed by atoms with Crippen LogP contribution in [0.25, 0.3) is 0 Å². The topological polar surface area (TPSA) is 116 Å². The summed E-state index contributed by atoms with van der Waals surface area (Å²) in [4.78, 5) is 28.1. The number of urea groups is 1. The van der Waals surface area contributed by atoms with Crippen molar-refractivity contribution in [2.75, 3.05) is 40.0 Å². The predicted octanol–water partition coefficient (Wildman–Crippen LogP) is 1.27. The Balaban J connectivity index is 0.000000211. The van der Waals surface area contributed by atoms with Crippen LogP contribution in [0, 0.1) is 0 Å². The zero-order valence-corrected chi connectivity index (χ0v) is 17.3. The molecule has 3 rings (SSSR count). The first-order valence-corrected chi connectivity index (χ1v) is 10.0. The van der Waals surface area contributed by atoms with Crippen LogP contribution in [0.3, 0.4) is 0 Å². The van der Waals surface area contributed by atoms with E-state index in [9.17, 15) is 9.59 Å². The fraction of sp³-hybridized carbons (Fsp3) is 0.556. The number of benzene rings is 1. The molecule has 2 aliphatic rings. The molecule has 0 saturated carbocycles. The fourth-order valence-electron chi connectivity index (χ4n) is 2.96. The highest BCUT2D eigenvalue weighted by atomic mass is 32.2. The third kappa shape index (κ3) is 7.71. The average molecular weight is 429 g/mol. The first kappa shape index (κ1) is 23.2. The molecule has 1 atom stereocenters. The third-order valence-corrected chi connectivity index (χ3v) is 4.66. The number of ether oxygens (including phenoxy) is 1. The summed E-state index contributed by atoms with van der Waals surface area (Å²) in [5, 5.41) is 1.42. The van der Waals surface area contributed by atoms with Crippen LogP contribution in [-0.2, 0) is 24.5 Å². The maximum atomic E-state index is 11.6. The number of nitrogens with one attached hydrogen (secondary N) is 1. The van der Waals surface area contributed by atoms with Crippen molar-refractivity contribution in [3.05, 3.63) is 29.8 Å². The number of hydroxylamine groups is 3. The van der Waals surface area contributed by atoms with E-state index < -0.39 is 0 Å². The van der Waals surface area contributed by atoms with E-state index in [1.54, 1.807) is 0 Å². The smallest absolute Gasteiger partial charge is 0.345 e. The fourth-order valence-corrected chi connectivity index (χ4v) is 3.27. The van der Waals surface area contributed by atoms with Crippen molar-refractivity contribution in [3.8, 4) is 5.75 Å². The van der Waals surface area contributed by atoms with Crippen molar-refractivity contribution in [1.29, 1.82) is 0 Å². The Morgan fingerprint density at radius 2 is 2.10 bits per heavy atom. The summed E-state index contributed by atoms with van der Waals surface area (Å²) in [6.45, 7) is 3.12. The van der Waals surface area contributed by atoms with Gasteiger partial charge in [-0.1, -0.05) is 12.1 Å². The molecule has 0 aromatic heterocycles. The van der Waals surface area contributed by atoms with Gasteiger partial charge in [0.05, 0.1) is 19.8 Å². The summed E-state index contributed by atoms with van der Waals surface area (Å²) in [6, 6.07) is 7.86. The van der Waals surface area contributed by atoms with Gasteiger partial charge in [-0.25, -0.2) is 10.3 Å². The van der Waals surface area contributed by atoms with Crippen LogP contribution in [0.5, 0.6) is 5.75 Å².